The van der Waals surface area contributed by atoms with Crippen molar-refractivity contribution in [3.05, 3.63) is 59.7 Å². The van der Waals surface area contributed by atoms with Gasteiger partial charge in [0.25, 0.3) is 0 Å². The maximum Gasteiger partial charge on any atom is 0.319 e. The third-order valence-electron chi connectivity index (χ3n) is 3.86. The van der Waals surface area contributed by atoms with Gasteiger partial charge < -0.3 is 20.1 Å². The Kier molecular flexibility index (Phi) is 7.02. The summed E-state index contributed by atoms with van der Waals surface area (Å²) in [4.78, 5) is 24.1. The Bertz CT molecular complexity index is 747. The quantitative estimate of drug-likeness (QED) is 0.740. The molecule has 1 atom stereocenters. The Morgan fingerprint density at radius 2 is 1.85 bits per heavy atom. The van der Waals surface area contributed by atoms with Crippen LogP contribution in [0.2, 0.25) is 0 Å². The molecule has 0 aliphatic heterocycles. The van der Waals surface area contributed by atoms with Crippen molar-refractivity contribution in [2.45, 2.75) is 26.3 Å². The van der Waals surface area contributed by atoms with E-state index >= 15 is 0 Å². The van der Waals surface area contributed by atoms with Crippen LogP contribution in [0, 0.1) is 6.92 Å². The number of hydrogen-bond acceptors (Lipinski definition) is 4. The summed E-state index contributed by atoms with van der Waals surface area (Å²) in [7, 11) is 1.33. The fourth-order valence-corrected chi connectivity index (χ4v) is 2.54. The van der Waals surface area contributed by atoms with Crippen molar-refractivity contribution in [2.75, 3.05) is 19.0 Å². The number of nitrogens with one attached hydrogen (secondary N) is 2. The van der Waals surface area contributed by atoms with Crippen molar-refractivity contribution >= 4 is 17.7 Å². The van der Waals surface area contributed by atoms with Crippen molar-refractivity contribution < 1.29 is 19.1 Å². The molecule has 2 aromatic rings. The third-order valence-corrected chi connectivity index (χ3v) is 3.86. The van der Waals surface area contributed by atoms with Crippen molar-refractivity contribution in [3.8, 4) is 5.75 Å². The Hall–Kier alpha value is -3.02. The first-order chi connectivity index (χ1) is 12.5. The standard InChI is InChI=1S/C20H24N2O4/c1-4-26-16-10-11-17(14(2)12-16)21-20(24)22-18(13-19(23)25-3)15-8-6-5-7-9-15/h5-12,18H,4,13H2,1-3H3,(H2,21,22,24). The summed E-state index contributed by atoms with van der Waals surface area (Å²) >= 11 is 0. The van der Waals surface area contributed by atoms with Gasteiger partial charge in [-0.3, -0.25) is 4.79 Å². The lowest BCUT2D eigenvalue weighted by molar-refractivity contribution is -0.141. The van der Waals surface area contributed by atoms with Gasteiger partial charge >= 0.3 is 12.0 Å². The van der Waals surface area contributed by atoms with Crippen LogP contribution in [0.15, 0.2) is 48.5 Å². The molecule has 0 aromatic heterocycles. The molecule has 1 unspecified atom stereocenters. The monoisotopic (exact) mass is 356 g/mol. The van der Waals surface area contributed by atoms with E-state index < -0.39 is 18.0 Å². The zero-order valence-electron chi connectivity index (χ0n) is 15.2. The SMILES string of the molecule is CCOc1ccc(NC(=O)NC(CC(=O)OC)c2ccccc2)c(C)c1. The highest BCUT2D eigenvalue weighted by Gasteiger charge is 2.19. The molecule has 0 radical (unpaired) electrons. The summed E-state index contributed by atoms with van der Waals surface area (Å²) in [5, 5.41) is 5.65. The van der Waals surface area contributed by atoms with E-state index in [4.69, 9.17) is 9.47 Å². The van der Waals surface area contributed by atoms with Crippen LogP contribution in [-0.2, 0) is 9.53 Å². The van der Waals surface area contributed by atoms with Gasteiger partial charge in [0.2, 0.25) is 0 Å². The van der Waals surface area contributed by atoms with Crippen LogP contribution in [0.4, 0.5) is 10.5 Å². The molecule has 0 aliphatic carbocycles. The fraction of sp³-hybridized carbons (Fsp3) is 0.300. The Labute approximate surface area is 153 Å². The minimum absolute atomic E-state index is 0.0518. The summed E-state index contributed by atoms with van der Waals surface area (Å²) in [5.74, 6) is 0.361. The number of ether oxygens (including phenoxy) is 2. The lowest BCUT2D eigenvalue weighted by Gasteiger charge is -2.19. The summed E-state index contributed by atoms with van der Waals surface area (Å²) in [6.07, 6.45) is 0.0518. The highest BCUT2D eigenvalue weighted by molar-refractivity contribution is 5.90. The van der Waals surface area contributed by atoms with Crippen molar-refractivity contribution in [3.63, 3.8) is 0 Å². The van der Waals surface area contributed by atoms with Crippen LogP contribution >= 0.6 is 0 Å². The number of esters is 1. The summed E-state index contributed by atoms with van der Waals surface area (Å²) < 4.78 is 10.2. The van der Waals surface area contributed by atoms with E-state index in [1.165, 1.54) is 7.11 Å². The second kappa shape index (κ2) is 9.46. The highest BCUT2D eigenvalue weighted by atomic mass is 16.5. The molecule has 2 amide bonds. The molecule has 0 saturated heterocycles. The second-order valence-corrected chi connectivity index (χ2v) is 5.75. The Balaban J connectivity index is 2.08. The lowest BCUT2D eigenvalue weighted by Crippen LogP contribution is -2.34. The van der Waals surface area contributed by atoms with E-state index in [0.717, 1.165) is 16.9 Å². The number of amides is 2. The first kappa shape index (κ1) is 19.3. The largest absolute Gasteiger partial charge is 0.494 e. The van der Waals surface area contributed by atoms with Gasteiger partial charge in [0.1, 0.15) is 5.75 Å². The molecule has 0 spiro atoms. The number of urea groups is 1. The van der Waals surface area contributed by atoms with E-state index in [1.54, 1.807) is 12.1 Å². The molecule has 0 aliphatic rings. The van der Waals surface area contributed by atoms with Gasteiger partial charge in [-0.1, -0.05) is 30.3 Å². The smallest absolute Gasteiger partial charge is 0.319 e. The summed E-state index contributed by atoms with van der Waals surface area (Å²) in [6, 6.07) is 13.9. The van der Waals surface area contributed by atoms with Gasteiger partial charge in [0.05, 0.1) is 26.2 Å². The van der Waals surface area contributed by atoms with E-state index in [2.05, 4.69) is 10.6 Å². The molecule has 138 valence electrons. The molecule has 0 fully saturated rings. The molecule has 6 heteroatoms. The average molecular weight is 356 g/mol. The molecule has 0 saturated carbocycles. The summed E-state index contributed by atoms with van der Waals surface area (Å²) in [5.41, 5.74) is 2.39. The molecule has 2 rings (SSSR count). The number of hydrogen-bond donors (Lipinski definition) is 2. The van der Waals surface area contributed by atoms with Gasteiger partial charge in [0, 0.05) is 5.69 Å². The maximum absolute atomic E-state index is 12.4. The molecule has 26 heavy (non-hydrogen) atoms. The number of rotatable bonds is 7. The molecule has 2 aromatic carbocycles. The molecular weight excluding hydrogens is 332 g/mol. The van der Waals surface area contributed by atoms with Crippen LogP contribution in [-0.4, -0.2) is 25.7 Å². The summed E-state index contributed by atoms with van der Waals surface area (Å²) in [6.45, 7) is 4.39. The van der Waals surface area contributed by atoms with Crippen LogP contribution in [0.3, 0.4) is 0 Å². The van der Waals surface area contributed by atoms with Gasteiger partial charge in [-0.2, -0.15) is 0 Å². The maximum atomic E-state index is 12.4. The normalized spacial score (nSPS) is 11.3. The number of anilines is 1. The Morgan fingerprint density at radius 1 is 1.12 bits per heavy atom. The molecule has 6 nitrogen and oxygen atoms in total. The predicted octanol–water partition coefficient (Wildman–Crippen LogP) is 3.82. The van der Waals surface area contributed by atoms with Crippen LogP contribution < -0.4 is 15.4 Å². The zero-order valence-corrected chi connectivity index (χ0v) is 15.2. The minimum Gasteiger partial charge on any atom is -0.494 e. The van der Waals surface area contributed by atoms with Crippen molar-refractivity contribution in [1.29, 1.82) is 0 Å². The van der Waals surface area contributed by atoms with Crippen LogP contribution in [0.1, 0.15) is 30.5 Å². The number of aryl methyl sites for hydroxylation is 1. The molecule has 0 bridgehead atoms. The van der Waals surface area contributed by atoms with Crippen LogP contribution in [0.5, 0.6) is 5.75 Å². The minimum atomic E-state index is -0.480. The fourth-order valence-electron chi connectivity index (χ4n) is 2.54. The Morgan fingerprint density at radius 3 is 2.46 bits per heavy atom. The highest BCUT2D eigenvalue weighted by Crippen LogP contribution is 2.22. The second-order valence-electron chi connectivity index (χ2n) is 5.75. The van der Waals surface area contributed by atoms with Gasteiger partial charge in [-0.15, -0.1) is 0 Å². The first-order valence-corrected chi connectivity index (χ1v) is 8.46. The number of carbonyl (C=O) groups excluding carboxylic acids is 2. The van der Waals surface area contributed by atoms with Crippen molar-refractivity contribution in [1.82, 2.24) is 5.32 Å². The number of methoxy groups -OCH3 is 1. The van der Waals surface area contributed by atoms with Crippen LogP contribution in [0.25, 0.3) is 0 Å². The zero-order chi connectivity index (χ0) is 18.9. The van der Waals surface area contributed by atoms with E-state index in [1.807, 2.05) is 50.2 Å². The predicted molar refractivity (Wildman–Crippen MR) is 100 cm³/mol. The molecular formula is C20H24N2O4. The van der Waals surface area contributed by atoms with Gasteiger partial charge in [0.15, 0.2) is 0 Å². The first-order valence-electron chi connectivity index (χ1n) is 8.46. The van der Waals surface area contributed by atoms with E-state index in [0.29, 0.717) is 12.3 Å². The third kappa shape index (κ3) is 5.51. The number of benzene rings is 2. The molecule has 0 heterocycles. The lowest BCUT2D eigenvalue weighted by atomic mass is 10.0. The van der Waals surface area contributed by atoms with E-state index in [-0.39, 0.29) is 6.42 Å². The van der Waals surface area contributed by atoms with Gasteiger partial charge in [-0.05, 0) is 43.2 Å². The van der Waals surface area contributed by atoms with Crippen molar-refractivity contribution in [2.24, 2.45) is 0 Å². The molecule has 2 N–H and O–H groups in total. The topological polar surface area (TPSA) is 76.7 Å². The van der Waals surface area contributed by atoms with E-state index in [9.17, 15) is 9.59 Å². The number of carbonyl (C=O) groups is 2. The average Bonchev–Trinajstić information content (AvgIpc) is 2.64. The van der Waals surface area contributed by atoms with Gasteiger partial charge in [-0.25, -0.2) is 4.79 Å².